The molecule has 0 heterocycles. The number of carbonyl (C=O) groups is 2. The van der Waals surface area contributed by atoms with E-state index in [-0.39, 0.29) is 11.8 Å². The van der Waals surface area contributed by atoms with Crippen LogP contribution in [0.1, 0.15) is 39.6 Å². The van der Waals surface area contributed by atoms with Crippen molar-refractivity contribution in [3.63, 3.8) is 0 Å². The van der Waals surface area contributed by atoms with Crippen molar-refractivity contribution in [1.82, 2.24) is 10.6 Å². The molecule has 2 amide bonds. The lowest BCUT2D eigenvalue weighted by Crippen LogP contribution is -2.24. The highest BCUT2D eigenvalue weighted by Crippen LogP contribution is 2.11. The summed E-state index contributed by atoms with van der Waals surface area (Å²) < 4.78 is 0.936. The summed E-state index contributed by atoms with van der Waals surface area (Å²) in [6.07, 6.45) is 0.909. The maximum absolute atomic E-state index is 12.0. The molecular weight excluding hydrogens is 356 g/mol. The van der Waals surface area contributed by atoms with Gasteiger partial charge in [-0.15, -0.1) is 0 Å². The molecule has 2 rings (SSSR count). The van der Waals surface area contributed by atoms with Gasteiger partial charge < -0.3 is 10.6 Å². The Morgan fingerprint density at radius 1 is 0.870 bits per heavy atom. The molecule has 0 saturated carbocycles. The van der Waals surface area contributed by atoms with Crippen LogP contribution >= 0.6 is 15.9 Å². The van der Waals surface area contributed by atoms with Crippen molar-refractivity contribution >= 4 is 27.7 Å². The molecule has 0 aliphatic heterocycles. The lowest BCUT2D eigenvalue weighted by atomic mass is 10.1. The van der Waals surface area contributed by atoms with Gasteiger partial charge in [0.05, 0.1) is 0 Å². The fourth-order valence-corrected chi connectivity index (χ4v) is 2.26. The SMILES string of the molecule is CCCNC(=O)c1ccc(CNC(=O)c2ccc(Br)cc2)cc1. The number of rotatable bonds is 6. The van der Waals surface area contributed by atoms with Crippen molar-refractivity contribution in [3.8, 4) is 0 Å². The molecule has 0 bridgehead atoms. The monoisotopic (exact) mass is 374 g/mol. The van der Waals surface area contributed by atoms with Gasteiger partial charge in [0, 0.05) is 28.7 Å². The van der Waals surface area contributed by atoms with Crippen LogP contribution in [0.4, 0.5) is 0 Å². The zero-order valence-corrected chi connectivity index (χ0v) is 14.5. The summed E-state index contributed by atoms with van der Waals surface area (Å²) in [5.41, 5.74) is 2.19. The Hall–Kier alpha value is -2.14. The first-order valence-corrected chi connectivity index (χ1v) is 8.30. The second-order valence-corrected chi connectivity index (χ2v) is 6.06. The minimum Gasteiger partial charge on any atom is -0.352 e. The van der Waals surface area contributed by atoms with Crippen LogP contribution in [0.5, 0.6) is 0 Å². The molecule has 0 fully saturated rings. The number of amides is 2. The molecule has 120 valence electrons. The zero-order valence-electron chi connectivity index (χ0n) is 12.9. The van der Waals surface area contributed by atoms with Crippen molar-refractivity contribution in [2.45, 2.75) is 19.9 Å². The van der Waals surface area contributed by atoms with E-state index in [1.807, 2.05) is 31.2 Å². The molecule has 4 nitrogen and oxygen atoms in total. The average molecular weight is 375 g/mol. The number of benzene rings is 2. The second-order valence-electron chi connectivity index (χ2n) is 5.14. The number of halogens is 1. The smallest absolute Gasteiger partial charge is 0.251 e. The average Bonchev–Trinajstić information content (AvgIpc) is 2.58. The third kappa shape index (κ3) is 5.21. The Morgan fingerprint density at radius 2 is 1.39 bits per heavy atom. The maximum atomic E-state index is 12.0. The van der Waals surface area contributed by atoms with Crippen LogP contribution in [0.2, 0.25) is 0 Å². The van der Waals surface area contributed by atoms with Gasteiger partial charge in [0.2, 0.25) is 0 Å². The first-order valence-electron chi connectivity index (χ1n) is 7.51. The fourth-order valence-electron chi connectivity index (χ4n) is 2.00. The molecule has 0 aliphatic carbocycles. The normalized spacial score (nSPS) is 10.2. The zero-order chi connectivity index (χ0) is 16.7. The maximum Gasteiger partial charge on any atom is 0.251 e. The molecule has 0 saturated heterocycles. The molecule has 23 heavy (non-hydrogen) atoms. The third-order valence-electron chi connectivity index (χ3n) is 3.31. The molecule has 0 unspecified atom stereocenters. The summed E-state index contributed by atoms with van der Waals surface area (Å²) in [4.78, 5) is 23.8. The molecule has 0 spiro atoms. The number of carbonyl (C=O) groups excluding carboxylic acids is 2. The van der Waals surface area contributed by atoms with Gasteiger partial charge >= 0.3 is 0 Å². The van der Waals surface area contributed by atoms with E-state index in [2.05, 4.69) is 26.6 Å². The van der Waals surface area contributed by atoms with Gasteiger partial charge in [-0.25, -0.2) is 0 Å². The molecular formula is C18H19BrN2O2. The molecule has 0 aromatic heterocycles. The van der Waals surface area contributed by atoms with Crippen LogP contribution in [0.3, 0.4) is 0 Å². The predicted molar refractivity (Wildman–Crippen MR) is 94.4 cm³/mol. The summed E-state index contributed by atoms with van der Waals surface area (Å²) in [5.74, 6) is -0.195. The minimum atomic E-state index is -0.123. The summed E-state index contributed by atoms with van der Waals surface area (Å²) in [5, 5.41) is 5.69. The standard InChI is InChI=1S/C18H19BrN2O2/c1-2-11-20-17(22)14-5-3-13(4-6-14)12-21-18(23)15-7-9-16(19)10-8-15/h3-10H,2,11-12H2,1H3,(H,20,22)(H,21,23). The van der Waals surface area contributed by atoms with Crippen LogP contribution in [0.15, 0.2) is 53.0 Å². The van der Waals surface area contributed by atoms with Gasteiger partial charge in [0.1, 0.15) is 0 Å². The Morgan fingerprint density at radius 3 is 1.96 bits per heavy atom. The van der Waals surface area contributed by atoms with Crippen LogP contribution in [0, 0.1) is 0 Å². The van der Waals surface area contributed by atoms with Crippen LogP contribution in [-0.4, -0.2) is 18.4 Å². The van der Waals surface area contributed by atoms with E-state index in [1.54, 1.807) is 24.3 Å². The quantitative estimate of drug-likeness (QED) is 0.812. The predicted octanol–water partition coefficient (Wildman–Crippen LogP) is 3.52. The molecule has 0 radical (unpaired) electrons. The lowest BCUT2D eigenvalue weighted by Gasteiger charge is -2.07. The second kappa shape index (κ2) is 8.48. The Bertz CT molecular complexity index is 666. The fraction of sp³-hybridized carbons (Fsp3) is 0.222. The van der Waals surface area contributed by atoms with E-state index in [0.717, 1.165) is 16.5 Å². The first-order chi connectivity index (χ1) is 11.1. The molecule has 0 aliphatic rings. The van der Waals surface area contributed by atoms with Crippen molar-refractivity contribution in [2.75, 3.05) is 6.54 Å². The Kier molecular flexibility index (Phi) is 6.35. The van der Waals surface area contributed by atoms with E-state index < -0.39 is 0 Å². The number of hydrogen-bond acceptors (Lipinski definition) is 2. The largest absolute Gasteiger partial charge is 0.352 e. The van der Waals surface area contributed by atoms with Gasteiger partial charge in [0.25, 0.3) is 11.8 Å². The van der Waals surface area contributed by atoms with Crippen LogP contribution in [-0.2, 0) is 6.54 Å². The van der Waals surface area contributed by atoms with Crippen LogP contribution in [0.25, 0.3) is 0 Å². The Labute approximate surface area is 144 Å². The van der Waals surface area contributed by atoms with Gasteiger partial charge in [-0.1, -0.05) is 35.0 Å². The highest BCUT2D eigenvalue weighted by Gasteiger charge is 2.06. The van der Waals surface area contributed by atoms with Crippen molar-refractivity contribution in [1.29, 1.82) is 0 Å². The highest BCUT2D eigenvalue weighted by molar-refractivity contribution is 9.10. The molecule has 0 atom stereocenters. The topological polar surface area (TPSA) is 58.2 Å². The first kappa shape index (κ1) is 17.2. The lowest BCUT2D eigenvalue weighted by molar-refractivity contribution is 0.0943. The summed E-state index contributed by atoms with van der Waals surface area (Å²) in [7, 11) is 0. The summed E-state index contributed by atoms with van der Waals surface area (Å²) in [6.45, 7) is 3.10. The number of hydrogen-bond donors (Lipinski definition) is 2. The van der Waals surface area contributed by atoms with E-state index in [4.69, 9.17) is 0 Å². The van der Waals surface area contributed by atoms with Crippen molar-refractivity contribution in [2.24, 2.45) is 0 Å². The van der Waals surface area contributed by atoms with Crippen molar-refractivity contribution < 1.29 is 9.59 Å². The molecule has 5 heteroatoms. The van der Waals surface area contributed by atoms with Gasteiger partial charge in [-0.2, -0.15) is 0 Å². The van der Waals surface area contributed by atoms with E-state index >= 15 is 0 Å². The molecule has 2 N–H and O–H groups in total. The van der Waals surface area contributed by atoms with E-state index in [0.29, 0.717) is 24.2 Å². The Balaban J connectivity index is 1.89. The summed E-state index contributed by atoms with van der Waals surface area (Å²) in [6, 6.07) is 14.4. The summed E-state index contributed by atoms with van der Waals surface area (Å²) >= 11 is 3.34. The highest BCUT2D eigenvalue weighted by atomic mass is 79.9. The van der Waals surface area contributed by atoms with Crippen LogP contribution < -0.4 is 10.6 Å². The van der Waals surface area contributed by atoms with Gasteiger partial charge in [0.15, 0.2) is 0 Å². The molecule has 2 aromatic carbocycles. The minimum absolute atomic E-state index is 0.0719. The number of nitrogens with one attached hydrogen (secondary N) is 2. The van der Waals surface area contributed by atoms with Gasteiger partial charge in [-0.3, -0.25) is 9.59 Å². The van der Waals surface area contributed by atoms with Gasteiger partial charge in [-0.05, 0) is 48.4 Å². The molecule has 2 aromatic rings. The van der Waals surface area contributed by atoms with Crippen molar-refractivity contribution in [3.05, 3.63) is 69.7 Å². The van der Waals surface area contributed by atoms with E-state index in [9.17, 15) is 9.59 Å². The van der Waals surface area contributed by atoms with E-state index in [1.165, 1.54) is 0 Å². The third-order valence-corrected chi connectivity index (χ3v) is 3.84.